The van der Waals surface area contributed by atoms with Crippen molar-refractivity contribution in [3.63, 3.8) is 0 Å². The second-order valence-corrected chi connectivity index (χ2v) is 5.48. The maximum Gasteiger partial charge on any atom is 0.413 e. The van der Waals surface area contributed by atoms with Gasteiger partial charge in [-0.25, -0.2) is 4.79 Å². The molecular formula is C17H19NO3. The van der Waals surface area contributed by atoms with Crippen LogP contribution in [0.3, 0.4) is 0 Å². The maximum atomic E-state index is 12.1. The molecule has 0 N–H and O–H groups in total. The van der Waals surface area contributed by atoms with E-state index in [1.165, 1.54) is 5.56 Å². The lowest BCUT2D eigenvalue weighted by Crippen LogP contribution is -2.46. The molecule has 4 nitrogen and oxygen atoms in total. The lowest BCUT2D eigenvalue weighted by molar-refractivity contribution is 0.0109. The van der Waals surface area contributed by atoms with Crippen LogP contribution in [0.2, 0.25) is 0 Å². The highest BCUT2D eigenvalue weighted by Gasteiger charge is 2.41. The molecule has 4 heteroatoms. The van der Waals surface area contributed by atoms with Gasteiger partial charge in [-0.15, -0.1) is 0 Å². The van der Waals surface area contributed by atoms with E-state index in [-0.39, 0.29) is 12.1 Å². The van der Waals surface area contributed by atoms with Crippen LogP contribution in [-0.4, -0.2) is 29.9 Å². The molecule has 2 heterocycles. The number of cyclic esters (lactones) is 1. The van der Waals surface area contributed by atoms with Gasteiger partial charge in [0.15, 0.2) is 6.23 Å². The van der Waals surface area contributed by atoms with E-state index >= 15 is 0 Å². The van der Waals surface area contributed by atoms with Gasteiger partial charge in [-0.05, 0) is 37.0 Å². The Morgan fingerprint density at radius 3 is 2.86 bits per heavy atom. The summed E-state index contributed by atoms with van der Waals surface area (Å²) < 4.78 is 11.0. The van der Waals surface area contributed by atoms with Crippen LogP contribution in [0.4, 0.5) is 4.79 Å². The fourth-order valence-electron chi connectivity index (χ4n) is 2.74. The third-order valence-corrected chi connectivity index (χ3v) is 3.87. The number of carbonyl (C=O) groups is 1. The van der Waals surface area contributed by atoms with E-state index in [2.05, 4.69) is 18.7 Å². The number of hydrogen-bond acceptors (Lipinski definition) is 3. The monoisotopic (exact) mass is 285 g/mol. The van der Waals surface area contributed by atoms with Gasteiger partial charge < -0.3 is 9.47 Å². The Morgan fingerprint density at radius 2 is 2.10 bits per heavy atom. The van der Waals surface area contributed by atoms with Gasteiger partial charge in [0.25, 0.3) is 0 Å². The summed E-state index contributed by atoms with van der Waals surface area (Å²) in [5, 5.41) is 0. The quantitative estimate of drug-likeness (QED) is 0.800. The average Bonchev–Trinajstić information content (AvgIpc) is 2.84. The van der Waals surface area contributed by atoms with Crippen LogP contribution in [-0.2, 0) is 15.9 Å². The van der Waals surface area contributed by atoms with Crippen molar-refractivity contribution in [1.29, 1.82) is 0 Å². The summed E-state index contributed by atoms with van der Waals surface area (Å²) in [6, 6.07) is 10.1. The van der Waals surface area contributed by atoms with Crippen molar-refractivity contribution >= 4 is 6.09 Å². The molecule has 2 atom stereocenters. The van der Waals surface area contributed by atoms with E-state index in [4.69, 9.17) is 9.47 Å². The summed E-state index contributed by atoms with van der Waals surface area (Å²) >= 11 is 0. The molecule has 1 aromatic carbocycles. The Bertz CT molecular complexity index is 579. The Morgan fingerprint density at radius 1 is 1.33 bits per heavy atom. The third kappa shape index (κ3) is 2.79. The van der Waals surface area contributed by atoms with Crippen LogP contribution >= 0.6 is 0 Å². The average molecular weight is 285 g/mol. The fraction of sp³-hybridized carbons (Fsp3) is 0.353. The molecule has 0 unspecified atom stereocenters. The standard InChI is InChI=1S/C17H19NO3/c1-12-8-9-13(2)21-16(12)18-15(11-20-17(18)19)10-14-6-4-3-5-7-14/h3-7,9,15-16H,1,8,10-11H2,2H3/t15-,16+/m1/s1. The van der Waals surface area contributed by atoms with Crippen LogP contribution < -0.4 is 0 Å². The van der Waals surface area contributed by atoms with Gasteiger partial charge in [-0.3, -0.25) is 4.90 Å². The molecular weight excluding hydrogens is 266 g/mol. The van der Waals surface area contributed by atoms with E-state index in [0.29, 0.717) is 6.61 Å². The number of carbonyl (C=O) groups excluding carboxylic acids is 1. The molecule has 21 heavy (non-hydrogen) atoms. The predicted molar refractivity (Wildman–Crippen MR) is 79.5 cm³/mol. The number of benzene rings is 1. The van der Waals surface area contributed by atoms with Gasteiger partial charge in [0.1, 0.15) is 6.61 Å². The number of hydrogen-bond donors (Lipinski definition) is 0. The third-order valence-electron chi connectivity index (χ3n) is 3.87. The number of ether oxygens (including phenoxy) is 2. The second-order valence-electron chi connectivity index (χ2n) is 5.48. The molecule has 0 saturated carbocycles. The van der Waals surface area contributed by atoms with Crippen molar-refractivity contribution in [3.8, 4) is 0 Å². The molecule has 0 aromatic heterocycles. The van der Waals surface area contributed by atoms with E-state index in [0.717, 1.165) is 24.2 Å². The van der Waals surface area contributed by atoms with Crippen molar-refractivity contribution < 1.29 is 14.3 Å². The summed E-state index contributed by atoms with van der Waals surface area (Å²) in [6.45, 7) is 6.32. The summed E-state index contributed by atoms with van der Waals surface area (Å²) in [5.41, 5.74) is 2.07. The zero-order valence-electron chi connectivity index (χ0n) is 12.1. The Hall–Kier alpha value is -2.23. The summed E-state index contributed by atoms with van der Waals surface area (Å²) in [4.78, 5) is 13.8. The van der Waals surface area contributed by atoms with E-state index < -0.39 is 6.23 Å². The predicted octanol–water partition coefficient (Wildman–Crippen LogP) is 3.26. The number of nitrogens with zero attached hydrogens (tertiary/aromatic N) is 1. The second kappa shape index (κ2) is 5.64. The zero-order valence-corrected chi connectivity index (χ0v) is 12.1. The van der Waals surface area contributed by atoms with Crippen molar-refractivity contribution in [3.05, 3.63) is 59.9 Å². The minimum absolute atomic E-state index is 0.0208. The first-order chi connectivity index (χ1) is 10.1. The fourth-order valence-corrected chi connectivity index (χ4v) is 2.74. The van der Waals surface area contributed by atoms with Crippen LogP contribution in [0, 0.1) is 0 Å². The molecule has 1 fully saturated rings. The van der Waals surface area contributed by atoms with E-state index in [1.807, 2.05) is 31.2 Å². The first-order valence-corrected chi connectivity index (χ1v) is 7.15. The summed E-state index contributed by atoms with van der Waals surface area (Å²) in [6.07, 6.45) is 2.73. The Kier molecular flexibility index (Phi) is 3.69. The largest absolute Gasteiger partial charge is 0.471 e. The van der Waals surface area contributed by atoms with Crippen molar-refractivity contribution in [2.75, 3.05) is 6.61 Å². The minimum Gasteiger partial charge on any atom is -0.471 e. The smallest absolute Gasteiger partial charge is 0.413 e. The van der Waals surface area contributed by atoms with E-state index in [1.54, 1.807) is 4.90 Å². The Labute approximate surface area is 124 Å². The molecule has 1 amide bonds. The van der Waals surface area contributed by atoms with Crippen LogP contribution in [0.15, 0.2) is 54.3 Å². The van der Waals surface area contributed by atoms with Gasteiger partial charge in [-0.2, -0.15) is 0 Å². The van der Waals surface area contributed by atoms with Gasteiger partial charge in [-0.1, -0.05) is 36.9 Å². The van der Waals surface area contributed by atoms with Crippen molar-refractivity contribution in [1.82, 2.24) is 4.90 Å². The van der Waals surface area contributed by atoms with E-state index in [9.17, 15) is 4.79 Å². The zero-order chi connectivity index (χ0) is 14.8. The first-order valence-electron chi connectivity index (χ1n) is 7.15. The lowest BCUT2D eigenvalue weighted by atomic mass is 10.0. The SMILES string of the molecule is C=C1CC=C(C)O[C@@H]1N1C(=O)OC[C@H]1Cc1ccccc1. The first kappa shape index (κ1) is 13.7. The molecule has 110 valence electrons. The van der Waals surface area contributed by atoms with Crippen LogP contribution in [0.1, 0.15) is 18.9 Å². The van der Waals surface area contributed by atoms with Gasteiger partial charge in [0.05, 0.1) is 11.8 Å². The molecule has 2 aliphatic rings. The van der Waals surface area contributed by atoms with Gasteiger partial charge >= 0.3 is 6.09 Å². The Balaban J connectivity index is 1.80. The topological polar surface area (TPSA) is 38.8 Å². The molecule has 0 spiro atoms. The highest BCUT2D eigenvalue weighted by atomic mass is 16.6. The van der Waals surface area contributed by atoms with Gasteiger partial charge in [0, 0.05) is 0 Å². The van der Waals surface area contributed by atoms with Crippen LogP contribution in [0.25, 0.3) is 0 Å². The number of rotatable bonds is 3. The molecule has 0 radical (unpaired) electrons. The summed E-state index contributed by atoms with van der Waals surface area (Å²) in [7, 11) is 0. The molecule has 1 saturated heterocycles. The highest BCUT2D eigenvalue weighted by molar-refractivity contribution is 5.71. The number of allylic oxidation sites excluding steroid dienone is 2. The summed E-state index contributed by atoms with van der Waals surface area (Å²) in [5.74, 6) is 0.825. The van der Waals surface area contributed by atoms with Crippen LogP contribution in [0.5, 0.6) is 0 Å². The molecule has 0 bridgehead atoms. The molecule has 1 aromatic rings. The molecule has 2 aliphatic heterocycles. The maximum absolute atomic E-state index is 12.1. The molecule has 3 rings (SSSR count). The normalized spacial score (nSPS) is 25.4. The van der Waals surface area contributed by atoms with Crippen molar-refractivity contribution in [2.45, 2.75) is 32.0 Å². The number of amides is 1. The molecule has 0 aliphatic carbocycles. The minimum atomic E-state index is -0.418. The van der Waals surface area contributed by atoms with Gasteiger partial charge in [0.2, 0.25) is 0 Å². The lowest BCUT2D eigenvalue weighted by Gasteiger charge is -2.34. The highest BCUT2D eigenvalue weighted by Crippen LogP contribution is 2.29. The van der Waals surface area contributed by atoms with Crippen molar-refractivity contribution in [2.24, 2.45) is 0 Å².